The Labute approximate surface area is 127 Å². The fourth-order valence-electron chi connectivity index (χ4n) is 2.83. The van der Waals surface area contributed by atoms with E-state index in [9.17, 15) is 0 Å². The van der Waals surface area contributed by atoms with Crippen molar-refractivity contribution >= 4 is 11.8 Å². The van der Waals surface area contributed by atoms with Gasteiger partial charge in [-0.15, -0.1) is 0 Å². The predicted molar refractivity (Wildman–Crippen MR) is 87.9 cm³/mol. The van der Waals surface area contributed by atoms with Crippen molar-refractivity contribution in [1.82, 2.24) is 14.9 Å². The molecule has 0 spiro atoms. The number of rotatable bonds is 6. The van der Waals surface area contributed by atoms with E-state index in [1.807, 2.05) is 31.3 Å². The first-order valence-corrected chi connectivity index (χ1v) is 7.85. The van der Waals surface area contributed by atoms with Crippen LogP contribution in [0.3, 0.4) is 0 Å². The van der Waals surface area contributed by atoms with Crippen LogP contribution in [0.15, 0.2) is 12.3 Å². The van der Waals surface area contributed by atoms with Gasteiger partial charge in [0, 0.05) is 59.1 Å². The predicted octanol–water partition coefficient (Wildman–Crippen LogP) is 0.792. The maximum atomic E-state index is 5.91. The molecule has 1 fully saturated rings. The van der Waals surface area contributed by atoms with E-state index in [1.54, 1.807) is 0 Å². The van der Waals surface area contributed by atoms with Crippen molar-refractivity contribution < 1.29 is 0 Å². The highest BCUT2D eigenvalue weighted by molar-refractivity contribution is 5.43. The number of hydrogen-bond acceptors (Lipinski definition) is 6. The molecule has 2 N–H and O–H groups in total. The summed E-state index contributed by atoms with van der Waals surface area (Å²) in [5, 5.41) is 0. The smallest absolute Gasteiger partial charge is 0.226 e. The Morgan fingerprint density at radius 1 is 1.29 bits per heavy atom. The van der Waals surface area contributed by atoms with E-state index < -0.39 is 0 Å². The van der Waals surface area contributed by atoms with E-state index in [4.69, 9.17) is 5.73 Å². The molecule has 1 aromatic heterocycles. The van der Waals surface area contributed by atoms with Crippen molar-refractivity contribution in [2.24, 2.45) is 5.73 Å². The number of aromatic nitrogens is 2. The number of nitrogens with zero attached hydrogens (tertiary/aromatic N) is 5. The van der Waals surface area contributed by atoms with Crippen LogP contribution in [0.4, 0.5) is 11.8 Å². The summed E-state index contributed by atoms with van der Waals surface area (Å²) in [6.45, 7) is 7.11. The summed E-state index contributed by atoms with van der Waals surface area (Å²) in [6, 6.07) is 2.52. The second-order valence-electron chi connectivity index (χ2n) is 5.81. The number of nitrogens with two attached hydrogens (primary N) is 1. The maximum Gasteiger partial charge on any atom is 0.226 e. The molecule has 1 atom stereocenters. The van der Waals surface area contributed by atoms with E-state index in [-0.39, 0.29) is 0 Å². The fraction of sp³-hybridized carbons (Fsp3) is 0.733. The van der Waals surface area contributed by atoms with E-state index in [0.717, 1.165) is 44.5 Å². The molecule has 1 aliphatic rings. The lowest BCUT2D eigenvalue weighted by Gasteiger charge is -2.39. The molecule has 0 saturated carbocycles. The monoisotopic (exact) mass is 292 g/mol. The summed E-state index contributed by atoms with van der Waals surface area (Å²) in [7, 11) is 3.93. The zero-order valence-electron chi connectivity index (χ0n) is 13.5. The van der Waals surface area contributed by atoms with Crippen LogP contribution in [0.5, 0.6) is 0 Å². The Morgan fingerprint density at radius 3 is 2.57 bits per heavy atom. The largest absolute Gasteiger partial charge is 0.354 e. The van der Waals surface area contributed by atoms with Crippen molar-refractivity contribution in [2.45, 2.75) is 25.8 Å². The van der Waals surface area contributed by atoms with Crippen LogP contribution in [0.2, 0.25) is 0 Å². The van der Waals surface area contributed by atoms with Gasteiger partial charge in [-0.1, -0.05) is 13.3 Å². The van der Waals surface area contributed by atoms with Crippen LogP contribution >= 0.6 is 0 Å². The van der Waals surface area contributed by atoms with Crippen molar-refractivity contribution in [3.8, 4) is 0 Å². The first kappa shape index (κ1) is 16.0. The van der Waals surface area contributed by atoms with E-state index in [1.165, 1.54) is 12.8 Å². The number of anilines is 2. The summed E-state index contributed by atoms with van der Waals surface area (Å²) in [5.41, 5.74) is 5.91. The summed E-state index contributed by atoms with van der Waals surface area (Å²) >= 11 is 0. The average molecular weight is 292 g/mol. The van der Waals surface area contributed by atoms with Crippen LogP contribution in [-0.2, 0) is 0 Å². The minimum absolute atomic E-state index is 0.528. The lowest BCUT2D eigenvalue weighted by molar-refractivity contribution is 0.179. The van der Waals surface area contributed by atoms with Crippen LogP contribution in [0.1, 0.15) is 19.8 Å². The number of piperazine rings is 1. The third-order valence-electron chi connectivity index (χ3n) is 4.08. The lowest BCUT2D eigenvalue weighted by atomic mass is 10.1. The van der Waals surface area contributed by atoms with Crippen molar-refractivity contribution in [2.75, 3.05) is 56.6 Å². The molecule has 0 amide bonds. The van der Waals surface area contributed by atoms with E-state index in [0.29, 0.717) is 6.04 Å². The van der Waals surface area contributed by atoms with Gasteiger partial charge < -0.3 is 15.5 Å². The highest BCUT2D eigenvalue weighted by Crippen LogP contribution is 2.17. The molecule has 118 valence electrons. The zero-order chi connectivity index (χ0) is 15.2. The van der Waals surface area contributed by atoms with E-state index >= 15 is 0 Å². The summed E-state index contributed by atoms with van der Waals surface area (Å²) in [6.07, 6.45) is 4.22. The Morgan fingerprint density at radius 2 is 2.00 bits per heavy atom. The van der Waals surface area contributed by atoms with E-state index in [2.05, 4.69) is 26.7 Å². The molecule has 2 heterocycles. The first-order valence-electron chi connectivity index (χ1n) is 7.85. The first-order chi connectivity index (χ1) is 10.2. The molecule has 1 saturated heterocycles. The maximum absolute atomic E-state index is 5.91. The van der Waals surface area contributed by atoms with Gasteiger partial charge in [0.25, 0.3) is 0 Å². The zero-order valence-corrected chi connectivity index (χ0v) is 13.5. The van der Waals surface area contributed by atoms with Gasteiger partial charge in [-0.05, 0) is 12.5 Å². The Balaban J connectivity index is 1.96. The average Bonchev–Trinajstić information content (AvgIpc) is 2.53. The third kappa shape index (κ3) is 4.04. The molecular weight excluding hydrogens is 264 g/mol. The van der Waals surface area contributed by atoms with Gasteiger partial charge in [0.1, 0.15) is 5.82 Å². The fourth-order valence-corrected chi connectivity index (χ4v) is 2.83. The van der Waals surface area contributed by atoms with Gasteiger partial charge in [-0.3, -0.25) is 4.90 Å². The second-order valence-corrected chi connectivity index (χ2v) is 5.81. The topological polar surface area (TPSA) is 61.5 Å². The molecule has 0 radical (unpaired) electrons. The molecule has 6 nitrogen and oxygen atoms in total. The van der Waals surface area contributed by atoms with Crippen LogP contribution in [0.25, 0.3) is 0 Å². The number of hydrogen-bond donors (Lipinski definition) is 1. The standard InChI is InChI=1S/C15H28N6/c1-4-5-13(12-16)20-8-10-21(11-9-20)14-6-7-17-15(18-14)19(2)3/h6-7,13H,4-5,8-12,16H2,1-3H3. The molecule has 1 aromatic rings. The summed E-state index contributed by atoms with van der Waals surface area (Å²) < 4.78 is 0. The normalized spacial score (nSPS) is 17.8. The third-order valence-corrected chi connectivity index (χ3v) is 4.08. The van der Waals surface area contributed by atoms with Crippen molar-refractivity contribution in [3.05, 3.63) is 12.3 Å². The van der Waals surface area contributed by atoms with Gasteiger partial charge in [0.15, 0.2) is 0 Å². The Bertz CT molecular complexity index is 428. The summed E-state index contributed by atoms with van der Waals surface area (Å²) in [5.74, 6) is 1.79. The van der Waals surface area contributed by atoms with Crippen LogP contribution in [-0.4, -0.2) is 67.7 Å². The SMILES string of the molecule is CCCC(CN)N1CCN(c2ccnc(N(C)C)n2)CC1. The quantitative estimate of drug-likeness (QED) is 0.836. The highest BCUT2D eigenvalue weighted by atomic mass is 15.3. The molecule has 1 aliphatic heterocycles. The van der Waals surface area contributed by atoms with Gasteiger partial charge in [-0.2, -0.15) is 4.98 Å². The van der Waals surface area contributed by atoms with Gasteiger partial charge >= 0.3 is 0 Å². The molecule has 6 heteroatoms. The molecule has 0 aliphatic carbocycles. The molecule has 0 aromatic carbocycles. The Kier molecular flexibility index (Phi) is 5.76. The van der Waals surface area contributed by atoms with Gasteiger partial charge in [0.05, 0.1) is 0 Å². The summed E-state index contributed by atoms with van der Waals surface area (Å²) in [4.78, 5) is 15.7. The van der Waals surface area contributed by atoms with Crippen LogP contribution in [0, 0.1) is 0 Å². The second kappa shape index (κ2) is 7.56. The lowest BCUT2D eigenvalue weighted by Crippen LogP contribution is -2.52. The molecule has 2 rings (SSSR count). The molecule has 0 bridgehead atoms. The molecule has 1 unspecified atom stereocenters. The highest BCUT2D eigenvalue weighted by Gasteiger charge is 2.23. The van der Waals surface area contributed by atoms with Crippen molar-refractivity contribution in [3.63, 3.8) is 0 Å². The van der Waals surface area contributed by atoms with Crippen LogP contribution < -0.4 is 15.5 Å². The molecule has 21 heavy (non-hydrogen) atoms. The van der Waals surface area contributed by atoms with Crippen molar-refractivity contribution in [1.29, 1.82) is 0 Å². The van der Waals surface area contributed by atoms with Gasteiger partial charge in [0.2, 0.25) is 5.95 Å². The minimum atomic E-state index is 0.528. The Hall–Kier alpha value is -1.40. The van der Waals surface area contributed by atoms with Gasteiger partial charge in [-0.25, -0.2) is 4.98 Å². The molecular formula is C15H28N6. The minimum Gasteiger partial charge on any atom is -0.354 e.